The van der Waals surface area contributed by atoms with Crippen LogP contribution >= 0.6 is 12.2 Å². The van der Waals surface area contributed by atoms with Gasteiger partial charge in [-0.25, -0.2) is 8.78 Å². The SMILES string of the molecule is Fc1ccc(NC(=S)NCc2cccc(COCc3ccccc3)c2)c(F)c1. The summed E-state index contributed by atoms with van der Waals surface area (Å²) < 4.78 is 32.4. The van der Waals surface area contributed by atoms with Gasteiger partial charge in [-0.15, -0.1) is 0 Å². The molecule has 0 unspecified atom stereocenters. The molecule has 3 rings (SSSR count). The zero-order chi connectivity index (χ0) is 19.8. The van der Waals surface area contributed by atoms with Crippen molar-refractivity contribution in [2.75, 3.05) is 5.32 Å². The zero-order valence-corrected chi connectivity index (χ0v) is 15.9. The van der Waals surface area contributed by atoms with Crippen LogP contribution in [0, 0.1) is 11.6 Å². The first kappa shape index (κ1) is 19.9. The van der Waals surface area contributed by atoms with Crippen molar-refractivity contribution >= 4 is 23.0 Å². The molecular weight excluding hydrogens is 378 g/mol. The molecule has 0 heterocycles. The van der Waals surface area contributed by atoms with Crippen molar-refractivity contribution in [1.82, 2.24) is 5.32 Å². The van der Waals surface area contributed by atoms with Gasteiger partial charge in [0, 0.05) is 12.6 Å². The fourth-order valence-corrected chi connectivity index (χ4v) is 2.81. The summed E-state index contributed by atoms with van der Waals surface area (Å²) in [5.74, 6) is -1.32. The number of rotatable bonds is 7. The van der Waals surface area contributed by atoms with Gasteiger partial charge in [0.05, 0.1) is 18.9 Å². The molecule has 0 bridgehead atoms. The number of ether oxygens (including phenoxy) is 1. The second-order valence-electron chi connectivity index (χ2n) is 6.23. The van der Waals surface area contributed by atoms with E-state index in [9.17, 15) is 8.78 Å². The second kappa shape index (κ2) is 9.92. The first-order valence-corrected chi connectivity index (χ1v) is 9.20. The van der Waals surface area contributed by atoms with E-state index in [1.807, 2.05) is 54.6 Å². The van der Waals surface area contributed by atoms with Crippen molar-refractivity contribution in [3.05, 3.63) is 101 Å². The van der Waals surface area contributed by atoms with Gasteiger partial charge in [0.15, 0.2) is 5.11 Å². The lowest BCUT2D eigenvalue weighted by Crippen LogP contribution is -2.28. The Bertz CT molecular complexity index is 935. The third-order valence-corrected chi connectivity index (χ3v) is 4.25. The summed E-state index contributed by atoms with van der Waals surface area (Å²) in [5.41, 5.74) is 3.33. The molecule has 6 heteroatoms. The number of benzene rings is 3. The Labute approximate surface area is 168 Å². The number of hydrogen-bond acceptors (Lipinski definition) is 2. The molecule has 3 nitrogen and oxygen atoms in total. The number of hydrogen-bond donors (Lipinski definition) is 2. The minimum Gasteiger partial charge on any atom is -0.372 e. The van der Waals surface area contributed by atoms with E-state index in [1.54, 1.807) is 0 Å². The highest BCUT2D eigenvalue weighted by atomic mass is 32.1. The predicted octanol–water partition coefficient (Wildman–Crippen LogP) is 5.17. The van der Waals surface area contributed by atoms with Gasteiger partial charge in [-0.05, 0) is 41.0 Å². The lowest BCUT2D eigenvalue weighted by molar-refractivity contribution is 0.107. The van der Waals surface area contributed by atoms with Crippen LogP contribution in [0.3, 0.4) is 0 Å². The van der Waals surface area contributed by atoms with Gasteiger partial charge in [0.1, 0.15) is 11.6 Å². The molecule has 0 saturated heterocycles. The maximum absolute atomic E-state index is 13.7. The van der Waals surface area contributed by atoms with Crippen molar-refractivity contribution in [3.8, 4) is 0 Å². The van der Waals surface area contributed by atoms with E-state index in [0.29, 0.717) is 19.8 Å². The molecular formula is C22H20F2N2OS. The quantitative estimate of drug-likeness (QED) is 0.538. The van der Waals surface area contributed by atoms with Gasteiger partial charge in [-0.2, -0.15) is 0 Å². The molecule has 144 valence electrons. The van der Waals surface area contributed by atoms with Crippen LogP contribution in [0.2, 0.25) is 0 Å². The predicted molar refractivity (Wildman–Crippen MR) is 111 cm³/mol. The van der Waals surface area contributed by atoms with E-state index in [-0.39, 0.29) is 10.8 Å². The minimum atomic E-state index is -0.693. The number of anilines is 1. The Balaban J connectivity index is 1.48. The van der Waals surface area contributed by atoms with Crippen molar-refractivity contribution in [1.29, 1.82) is 0 Å². The lowest BCUT2D eigenvalue weighted by Gasteiger charge is -2.12. The number of halogens is 2. The Kier molecular flexibility index (Phi) is 7.06. The van der Waals surface area contributed by atoms with Crippen LogP contribution in [0.25, 0.3) is 0 Å². The summed E-state index contributed by atoms with van der Waals surface area (Å²) in [4.78, 5) is 0. The van der Waals surface area contributed by atoms with Crippen molar-refractivity contribution in [2.45, 2.75) is 19.8 Å². The van der Waals surface area contributed by atoms with E-state index in [4.69, 9.17) is 17.0 Å². The van der Waals surface area contributed by atoms with Crippen molar-refractivity contribution in [3.63, 3.8) is 0 Å². The van der Waals surface area contributed by atoms with Gasteiger partial charge in [0.2, 0.25) is 0 Å². The van der Waals surface area contributed by atoms with Gasteiger partial charge >= 0.3 is 0 Å². The Morgan fingerprint density at radius 3 is 2.32 bits per heavy atom. The topological polar surface area (TPSA) is 33.3 Å². The third kappa shape index (κ3) is 6.11. The van der Waals surface area contributed by atoms with Crippen LogP contribution in [0.1, 0.15) is 16.7 Å². The highest BCUT2D eigenvalue weighted by Gasteiger charge is 2.06. The standard InChI is InChI=1S/C22H20F2N2OS/c23-19-9-10-21(20(24)12-19)26-22(28)25-13-17-7-4-8-18(11-17)15-27-14-16-5-2-1-3-6-16/h1-12H,13-15H2,(H2,25,26,28). The Hall–Kier alpha value is -2.83. The lowest BCUT2D eigenvalue weighted by atomic mass is 10.1. The third-order valence-electron chi connectivity index (χ3n) is 4.00. The smallest absolute Gasteiger partial charge is 0.171 e. The molecule has 3 aromatic carbocycles. The summed E-state index contributed by atoms with van der Waals surface area (Å²) in [6.45, 7) is 1.54. The largest absolute Gasteiger partial charge is 0.372 e. The minimum absolute atomic E-state index is 0.127. The first-order valence-electron chi connectivity index (χ1n) is 8.79. The molecule has 2 N–H and O–H groups in total. The first-order chi connectivity index (χ1) is 13.6. The molecule has 0 amide bonds. The van der Waals surface area contributed by atoms with Crippen molar-refractivity contribution < 1.29 is 13.5 Å². The summed E-state index contributed by atoms with van der Waals surface area (Å²) >= 11 is 5.18. The fourth-order valence-electron chi connectivity index (χ4n) is 2.63. The molecule has 0 aliphatic heterocycles. The molecule has 0 aromatic heterocycles. The summed E-state index contributed by atoms with van der Waals surface area (Å²) in [6.07, 6.45) is 0. The molecule has 3 aromatic rings. The molecule has 0 saturated carbocycles. The monoisotopic (exact) mass is 398 g/mol. The van der Waals surface area contributed by atoms with E-state index >= 15 is 0 Å². The molecule has 0 aliphatic carbocycles. The van der Waals surface area contributed by atoms with E-state index < -0.39 is 11.6 Å². The van der Waals surface area contributed by atoms with Crippen LogP contribution in [-0.4, -0.2) is 5.11 Å². The average molecular weight is 398 g/mol. The maximum Gasteiger partial charge on any atom is 0.171 e. The fraction of sp³-hybridized carbons (Fsp3) is 0.136. The normalized spacial score (nSPS) is 10.5. The number of nitrogens with one attached hydrogen (secondary N) is 2. The van der Waals surface area contributed by atoms with Crippen molar-refractivity contribution in [2.24, 2.45) is 0 Å². The molecule has 28 heavy (non-hydrogen) atoms. The highest BCUT2D eigenvalue weighted by molar-refractivity contribution is 7.80. The highest BCUT2D eigenvalue weighted by Crippen LogP contribution is 2.15. The zero-order valence-electron chi connectivity index (χ0n) is 15.1. The average Bonchev–Trinajstić information content (AvgIpc) is 2.70. The van der Waals surface area contributed by atoms with Gasteiger partial charge in [0.25, 0.3) is 0 Å². The molecule has 0 radical (unpaired) electrons. The molecule has 0 aliphatic rings. The summed E-state index contributed by atoms with van der Waals surface area (Å²) in [7, 11) is 0. The van der Waals surface area contributed by atoms with E-state index in [0.717, 1.165) is 22.8 Å². The Morgan fingerprint density at radius 2 is 1.54 bits per heavy atom. The van der Waals surface area contributed by atoms with E-state index in [1.165, 1.54) is 12.1 Å². The Morgan fingerprint density at radius 1 is 0.821 bits per heavy atom. The van der Waals surface area contributed by atoms with Crippen LogP contribution in [0.4, 0.5) is 14.5 Å². The van der Waals surface area contributed by atoms with Crippen LogP contribution < -0.4 is 10.6 Å². The molecule has 0 spiro atoms. The second-order valence-corrected chi connectivity index (χ2v) is 6.64. The molecule has 0 fully saturated rings. The molecule has 0 atom stereocenters. The van der Waals surface area contributed by atoms with Gasteiger partial charge in [-0.1, -0.05) is 54.6 Å². The van der Waals surface area contributed by atoms with E-state index in [2.05, 4.69) is 10.6 Å². The summed E-state index contributed by atoms with van der Waals surface area (Å²) in [5, 5.41) is 6.01. The van der Waals surface area contributed by atoms with Gasteiger partial charge < -0.3 is 15.4 Å². The van der Waals surface area contributed by atoms with Crippen LogP contribution in [0.5, 0.6) is 0 Å². The summed E-state index contributed by atoms with van der Waals surface area (Å²) in [6, 6.07) is 21.2. The van der Waals surface area contributed by atoms with Crippen LogP contribution in [0.15, 0.2) is 72.8 Å². The maximum atomic E-state index is 13.7. The number of thiocarbonyl (C=S) groups is 1. The van der Waals surface area contributed by atoms with Crippen LogP contribution in [-0.2, 0) is 24.5 Å². The van der Waals surface area contributed by atoms with Gasteiger partial charge in [-0.3, -0.25) is 0 Å².